The number of hydrogen-bond donors (Lipinski definition) is 2. The van der Waals surface area contributed by atoms with Gasteiger partial charge in [0.25, 0.3) is 0 Å². The van der Waals surface area contributed by atoms with Gasteiger partial charge in [-0.05, 0) is 37.9 Å². The van der Waals surface area contributed by atoms with Crippen molar-refractivity contribution < 1.29 is 9.50 Å². The van der Waals surface area contributed by atoms with Gasteiger partial charge in [0.15, 0.2) is 11.6 Å². The van der Waals surface area contributed by atoms with Crippen molar-refractivity contribution in [2.75, 3.05) is 6.54 Å². The maximum absolute atomic E-state index is 13.3. The Morgan fingerprint density at radius 1 is 1.40 bits per heavy atom. The third-order valence-electron chi connectivity index (χ3n) is 2.92. The Morgan fingerprint density at radius 3 is 2.87 bits per heavy atom. The molecule has 1 aliphatic rings. The largest absolute Gasteiger partial charge is 0.505 e. The first-order valence-electron chi connectivity index (χ1n) is 5.41. The van der Waals surface area contributed by atoms with Gasteiger partial charge in [-0.3, -0.25) is 0 Å². The van der Waals surface area contributed by atoms with Gasteiger partial charge in [-0.1, -0.05) is 12.5 Å². The lowest BCUT2D eigenvalue weighted by Crippen LogP contribution is -2.27. The molecular weight excluding hydrogens is 193 g/mol. The minimum Gasteiger partial charge on any atom is -0.505 e. The first kappa shape index (κ1) is 10.4. The minimum atomic E-state index is -0.516. The van der Waals surface area contributed by atoms with Crippen molar-refractivity contribution in [1.82, 2.24) is 5.32 Å². The van der Waals surface area contributed by atoms with Crippen LogP contribution in [0.1, 0.15) is 36.4 Å². The van der Waals surface area contributed by atoms with Crippen molar-refractivity contribution in [3.63, 3.8) is 0 Å². The molecule has 0 aliphatic carbocycles. The molecule has 0 amide bonds. The monoisotopic (exact) mass is 209 g/mol. The first-order chi connectivity index (χ1) is 7.18. The lowest BCUT2D eigenvalue weighted by atomic mass is 9.95. The van der Waals surface area contributed by atoms with Gasteiger partial charge in [-0.2, -0.15) is 0 Å². The van der Waals surface area contributed by atoms with E-state index in [1.807, 2.05) is 13.0 Å². The fourth-order valence-corrected chi connectivity index (χ4v) is 2.14. The van der Waals surface area contributed by atoms with E-state index in [0.29, 0.717) is 5.56 Å². The third kappa shape index (κ3) is 2.12. The third-order valence-corrected chi connectivity index (χ3v) is 2.92. The molecule has 82 valence electrons. The number of halogens is 1. The molecule has 2 N–H and O–H groups in total. The predicted octanol–water partition coefficient (Wildman–Crippen LogP) is 2.65. The van der Waals surface area contributed by atoms with E-state index < -0.39 is 5.82 Å². The summed E-state index contributed by atoms with van der Waals surface area (Å²) >= 11 is 0. The first-order valence-corrected chi connectivity index (χ1v) is 5.41. The van der Waals surface area contributed by atoms with Gasteiger partial charge in [0.05, 0.1) is 0 Å². The molecule has 1 unspecified atom stereocenters. The number of hydrogen-bond acceptors (Lipinski definition) is 2. The molecule has 0 spiro atoms. The van der Waals surface area contributed by atoms with Crippen LogP contribution in [0.5, 0.6) is 5.75 Å². The highest BCUT2D eigenvalue weighted by Gasteiger charge is 2.20. The van der Waals surface area contributed by atoms with Gasteiger partial charge in [0.1, 0.15) is 0 Å². The van der Waals surface area contributed by atoms with Crippen molar-refractivity contribution in [3.05, 3.63) is 29.1 Å². The number of rotatable bonds is 1. The zero-order valence-electron chi connectivity index (χ0n) is 8.89. The quantitative estimate of drug-likeness (QED) is 0.745. The molecule has 1 aliphatic heterocycles. The van der Waals surface area contributed by atoms with Gasteiger partial charge >= 0.3 is 0 Å². The summed E-state index contributed by atoms with van der Waals surface area (Å²) in [6, 6.07) is 3.33. The summed E-state index contributed by atoms with van der Waals surface area (Å²) in [4.78, 5) is 0. The normalized spacial score (nSPS) is 21.6. The van der Waals surface area contributed by atoms with Crippen LogP contribution in [0.25, 0.3) is 0 Å². The second-order valence-electron chi connectivity index (χ2n) is 4.19. The van der Waals surface area contributed by atoms with Crippen LogP contribution in [0.3, 0.4) is 0 Å². The van der Waals surface area contributed by atoms with E-state index in [1.165, 1.54) is 6.07 Å². The van der Waals surface area contributed by atoms with Crippen LogP contribution in [0.4, 0.5) is 4.39 Å². The number of piperidine rings is 1. The van der Waals surface area contributed by atoms with Crippen LogP contribution in [0.2, 0.25) is 0 Å². The van der Waals surface area contributed by atoms with Gasteiger partial charge in [0, 0.05) is 11.6 Å². The van der Waals surface area contributed by atoms with Gasteiger partial charge < -0.3 is 10.4 Å². The van der Waals surface area contributed by atoms with Crippen molar-refractivity contribution in [2.45, 2.75) is 32.2 Å². The fraction of sp³-hybridized carbons (Fsp3) is 0.500. The van der Waals surface area contributed by atoms with E-state index in [-0.39, 0.29) is 11.8 Å². The molecule has 1 aromatic rings. The van der Waals surface area contributed by atoms with Crippen LogP contribution in [-0.2, 0) is 0 Å². The summed E-state index contributed by atoms with van der Waals surface area (Å²) < 4.78 is 13.3. The molecule has 1 aromatic carbocycles. The Bertz CT molecular complexity index is 359. The van der Waals surface area contributed by atoms with Crippen LogP contribution < -0.4 is 5.32 Å². The van der Waals surface area contributed by atoms with Crippen LogP contribution in [0, 0.1) is 12.7 Å². The number of benzene rings is 1. The van der Waals surface area contributed by atoms with E-state index in [0.717, 1.165) is 31.4 Å². The molecule has 1 saturated heterocycles. The highest BCUT2D eigenvalue weighted by molar-refractivity contribution is 5.39. The molecule has 2 rings (SSSR count). The molecule has 1 fully saturated rings. The summed E-state index contributed by atoms with van der Waals surface area (Å²) in [5.41, 5.74) is 1.56. The van der Waals surface area contributed by atoms with Crippen molar-refractivity contribution in [2.24, 2.45) is 0 Å². The van der Waals surface area contributed by atoms with Crippen molar-refractivity contribution >= 4 is 0 Å². The molecule has 0 bridgehead atoms. The Kier molecular flexibility index (Phi) is 2.91. The van der Waals surface area contributed by atoms with Crippen LogP contribution in [0.15, 0.2) is 12.1 Å². The number of aromatic hydroxyl groups is 1. The fourth-order valence-electron chi connectivity index (χ4n) is 2.14. The highest BCUT2D eigenvalue weighted by Crippen LogP contribution is 2.32. The summed E-state index contributed by atoms with van der Waals surface area (Å²) in [6.07, 6.45) is 3.26. The minimum absolute atomic E-state index is 0.105. The molecule has 15 heavy (non-hydrogen) atoms. The van der Waals surface area contributed by atoms with Gasteiger partial charge in [-0.15, -0.1) is 0 Å². The standard InChI is InChI=1S/C12H16FNO/c1-8-6-9(12(15)10(13)7-8)11-4-2-3-5-14-11/h6-7,11,14-15H,2-5H2,1H3. The average molecular weight is 209 g/mol. The average Bonchev–Trinajstić information content (AvgIpc) is 2.24. The second-order valence-corrected chi connectivity index (χ2v) is 4.19. The molecule has 2 nitrogen and oxygen atoms in total. The van der Waals surface area contributed by atoms with E-state index in [2.05, 4.69) is 5.32 Å². The second kappa shape index (κ2) is 4.19. The Balaban J connectivity index is 2.33. The van der Waals surface area contributed by atoms with E-state index in [1.54, 1.807) is 0 Å². The van der Waals surface area contributed by atoms with Crippen molar-refractivity contribution in [3.8, 4) is 5.75 Å². The van der Waals surface area contributed by atoms with Gasteiger partial charge in [0.2, 0.25) is 0 Å². The predicted molar refractivity (Wildman–Crippen MR) is 57.4 cm³/mol. The topological polar surface area (TPSA) is 32.3 Å². The Morgan fingerprint density at radius 2 is 2.20 bits per heavy atom. The number of phenols is 1. The van der Waals surface area contributed by atoms with E-state index in [4.69, 9.17) is 0 Å². The summed E-state index contributed by atoms with van der Waals surface area (Å²) in [5, 5.41) is 13.0. The molecule has 0 saturated carbocycles. The smallest absolute Gasteiger partial charge is 0.165 e. The SMILES string of the molecule is Cc1cc(F)c(O)c(C2CCCCN2)c1. The zero-order valence-corrected chi connectivity index (χ0v) is 8.89. The Hall–Kier alpha value is -1.09. The molecule has 0 aromatic heterocycles. The summed E-state index contributed by atoms with van der Waals surface area (Å²) in [7, 11) is 0. The number of aryl methyl sites for hydroxylation is 1. The number of nitrogens with one attached hydrogen (secondary N) is 1. The van der Waals surface area contributed by atoms with E-state index in [9.17, 15) is 9.50 Å². The molecular formula is C12H16FNO. The molecule has 1 heterocycles. The summed E-state index contributed by atoms with van der Waals surface area (Å²) in [6.45, 7) is 2.79. The molecule has 1 atom stereocenters. The number of phenolic OH excluding ortho intramolecular Hbond substituents is 1. The summed E-state index contributed by atoms with van der Waals surface area (Å²) in [5.74, 6) is -0.711. The molecule has 3 heteroatoms. The Labute approximate surface area is 89.1 Å². The maximum Gasteiger partial charge on any atom is 0.165 e. The van der Waals surface area contributed by atoms with E-state index >= 15 is 0 Å². The van der Waals surface area contributed by atoms with Crippen LogP contribution >= 0.6 is 0 Å². The van der Waals surface area contributed by atoms with Crippen molar-refractivity contribution in [1.29, 1.82) is 0 Å². The van der Waals surface area contributed by atoms with Gasteiger partial charge in [-0.25, -0.2) is 4.39 Å². The lowest BCUT2D eigenvalue weighted by molar-refractivity contribution is 0.377. The molecule has 0 radical (unpaired) electrons. The van der Waals surface area contributed by atoms with Crippen LogP contribution in [-0.4, -0.2) is 11.7 Å². The highest BCUT2D eigenvalue weighted by atomic mass is 19.1. The maximum atomic E-state index is 13.3. The zero-order chi connectivity index (χ0) is 10.8. The lowest BCUT2D eigenvalue weighted by Gasteiger charge is -2.24.